The van der Waals surface area contributed by atoms with Gasteiger partial charge in [0.2, 0.25) is 5.91 Å². The molecule has 0 spiro atoms. The summed E-state index contributed by atoms with van der Waals surface area (Å²) >= 11 is 0. The number of fused-ring (bicyclic) bond motifs is 1. The third kappa shape index (κ3) is 5.73. The van der Waals surface area contributed by atoms with Gasteiger partial charge in [-0.25, -0.2) is 14.6 Å². The Bertz CT molecular complexity index is 1260. The van der Waals surface area contributed by atoms with Gasteiger partial charge in [-0.1, -0.05) is 18.6 Å². The lowest BCUT2D eigenvalue weighted by Gasteiger charge is -2.41. The average molecular weight is 532 g/mol. The van der Waals surface area contributed by atoms with E-state index in [0.717, 1.165) is 67.2 Å². The molecule has 4 heterocycles. The number of piperidine rings is 1. The SMILES string of the molecule is CCOc1cccc(Cn2ncc3c(N4CCN(C(=O)C5CCC(N6CCCCC6)CC5)CC4)ncnc32)c1. The van der Waals surface area contributed by atoms with E-state index in [9.17, 15) is 4.79 Å². The summed E-state index contributed by atoms with van der Waals surface area (Å²) in [7, 11) is 0. The monoisotopic (exact) mass is 531 g/mol. The normalized spacial score (nSPS) is 22.8. The Kier molecular flexibility index (Phi) is 7.95. The summed E-state index contributed by atoms with van der Waals surface area (Å²) in [6.07, 6.45) is 12.0. The van der Waals surface area contributed by atoms with Crippen molar-refractivity contribution >= 4 is 22.8 Å². The van der Waals surface area contributed by atoms with Crippen LogP contribution in [-0.2, 0) is 11.3 Å². The second-order valence-corrected chi connectivity index (χ2v) is 11.2. The molecule has 1 aromatic carbocycles. The van der Waals surface area contributed by atoms with Crippen LogP contribution in [0.5, 0.6) is 5.75 Å². The summed E-state index contributed by atoms with van der Waals surface area (Å²) in [6, 6.07) is 8.80. The quantitative estimate of drug-likeness (QED) is 0.457. The molecule has 3 aromatic rings. The van der Waals surface area contributed by atoms with E-state index >= 15 is 0 Å². The highest BCUT2D eigenvalue weighted by Crippen LogP contribution is 2.31. The fourth-order valence-electron chi connectivity index (χ4n) is 6.69. The highest BCUT2D eigenvalue weighted by atomic mass is 16.5. The number of ether oxygens (including phenoxy) is 1. The second kappa shape index (κ2) is 11.9. The van der Waals surface area contributed by atoms with Gasteiger partial charge in [0.05, 0.1) is 24.7 Å². The lowest BCUT2D eigenvalue weighted by atomic mass is 9.83. The molecule has 0 N–H and O–H groups in total. The van der Waals surface area contributed by atoms with E-state index in [2.05, 4.69) is 41.9 Å². The van der Waals surface area contributed by atoms with E-state index in [1.165, 1.54) is 45.2 Å². The number of anilines is 1. The third-order valence-electron chi connectivity index (χ3n) is 8.80. The molecule has 1 aliphatic carbocycles. The number of hydrogen-bond donors (Lipinski definition) is 0. The van der Waals surface area contributed by atoms with Gasteiger partial charge in [0, 0.05) is 38.1 Å². The Balaban J connectivity index is 1.06. The Morgan fingerprint density at radius 2 is 1.77 bits per heavy atom. The molecule has 3 fully saturated rings. The lowest BCUT2D eigenvalue weighted by molar-refractivity contribution is -0.137. The zero-order chi connectivity index (χ0) is 26.6. The first kappa shape index (κ1) is 26.0. The maximum atomic E-state index is 13.4. The highest BCUT2D eigenvalue weighted by Gasteiger charge is 2.33. The van der Waals surface area contributed by atoms with Crippen molar-refractivity contribution in [2.75, 3.05) is 50.8 Å². The van der Waals surface area contributed by atoms with Crippen molar-refractivity contribution in [1.82, 2.24) is 29.5 Å². The topological polar surface area (TPSA) is 79.6 Å². The average Bonchev–Trinajstić information content (AvgIpc) is 3.40. The molecule has 3 aliphatic rings. The summed E-state index contributed by atoms with van der Waals surface area (Å²) in [6.45, 7) is 8.80. The minimum absolute atomic E-state index is 0.197. The van der Waals surface area contributed by atoms with Gasteiger partial charge in [-0.15, -0.1) is 0 Å². The summed E-state index contributed by atoms with van der Waals surface area (Å²) < 4.78 is 7.58. The van der Waals surface area contributed by atoms with Crippen molar-refractivity contribution < 1.29 is 9.53 Å². The number of piperazine rings is 1. The number of aromatic nitrogens is 4. The Labute approximate surface area is 231 Å². The molecule has 2 saturated heterocycles. The summed E-state index contributed by atoms with van der Waals surface area (Å²) in [5, 5.41) is 5.60. The Morgan fingerprint density at radius 1 is 0.974 bits per heavy atom. The van der Waals surface area contributed by atoms with Crippen molar-refractivity contribution in [3.8, 4) is 5.75 Å². The van der Waals surface area contributed by atoms with E-state index < -0.39 is 0 Å². The first-order valence-electron chi connectivity index (χ1n) is 14.9. The number of likely N-dealkylation sites (tertiary alicyclic amines) is 1. The maximum Gasteiger partial charge on any atom is 0.225 e. The molecule has 1 saturated carbocycles. The molecule has 0 atom stereocenters. The van der Waals surface area contributed by atoms with Crippen LogP contribution in [0.15, 0.2) is 36.8 Å². The van der Waals surface area contributed by atoms with Crippen LogP contribution in [0.4, 0.5) is 5.82 Å². The Morgan fingerprint density at radius 3 is 2.54 bits per heavy atom. The maximum absolute atomic E-state index is 13.4. The molecule has 39 heavy (non-hydrogen) atoms. The predicted octanol–water partition coefficient (Wildman–Crippen LogP) is 3.97. The van der Waals surface area contributed by atoms with Gasteiger partial charge >= 0.3 is 0 Å². The first-order valence-corrected chi connectivity index (χ1v) is 14.9. The molecule has 6 rings (SSSR count). The number of nitrogens with zero attached hydrogens (tertiary/aromatic N) is 7. The molecule has 0 bridgehead atoms. The van der Waals surface area contributed by atoms with Crippen molar-refractivity contribution in [2.24, 2.45) is 5.92 Å². The van der Waals surface area contributed by atoms with Crippen LogP contribution < -0.4 is 9.64 Å². The molecule has 2 aromatic heterocycles. The van der Waals surface area contributed by atoms with Gasteiger partial charge in [-0.05, 0) is 76.2 Å². The van der Waals surface area contributed by atoms with Crippen LogP contribution in [0.25, 0.3) is 11.0 Å². The number of hydrogen-bond acceptors (Lipinski definition) is 7. The van der Waals surface area contributed by atoms with Crippen LogP contribution in [0.3, 0.4) is 0 Å². The van der Waals surface area contributed by atoms with Gasteiger partial charge in [0.1, 0.15) is 17.9 Å². The van der Waals surface area contributed by atoms with Crippen LogP contribution >= 0.6 is 0 Å². The van der Waals surface area contributed by atoms with Gasteiger partial charge < -0.3 is 19.4 Å². The summed E-state index contributed by atoms with van der Waals surface area (Å²) in [5.74, 6) is 2.33. The van der Waals surface area contributed by atoms with E-state index in [1.807, 2.05) is 29.9 Å². The van der Waals surface area contributed by atoms with E-state index in [0.29, 0.717) is 25.1 Å². The molecular formula is C30H41N7O2. The van der Waals surface area contributed by atoms with Crippen LogP contribution in [-0.4, -0.2) is 87.4 Å². The van der Waals surface area contributed by atoms with Crippen molar-refractivity contribution in [3.63, 3.8) is 0 Å². The number of amides is 1. The van der Waals surface area contributed by atoms with Crippen LogP contribution in [0, 0.1) is 5.92 Å². The van der Waals surface area contributed by atoms with Gasteiger partial charge in [-0.2, -0.15) is 5.10 Å². The minimum Gasteiger partial charge on any atom is -0.494 e. The second-order valence-electron chi connectivity index (χ2n) is 11.2. The first-order chi connectivity index (χ1) is 19.2. The van der Waals surface area contributed by atoms with Crippen molar-refractivity contribution in [1.29, 1.82) is 0 Å². The lowest BCUT2D eigenvalue weighted by Crippen LogP contribution is -2.51. The van der Waals surface area contributed by atoms with Crippen LogP contribution in [0.1, 0.15) is 57.4 Å². The molecule has 9 nitrogen and oxygen atoms in total. The largest absolute Gasteiger partial charge is 0.494 e. The van der Waals surface area contributed by atoms with Crippen molar-refractivity contribution in [2.45, 2.75) is 64.5 Å². The third-order valence-corrected chi connectivity index (χ3v) is 8.80. The number of benzene rings is 1. The molecule has 9 heteroatoms. The molecule has 0 radical (unpaired) electrons. The van der Waals surface area contributed by atoms with Gasteiger partial charge in [0.15, 0.2) is 5.65 Å². The highest BCUT2D eigenvalue weighted by molar-refractivity contribution is 5.87. The fourth-order valence-corrected chi connectivity index (χ4v) is 6.69. The molecule has 1 amide bonds. The molecule has 0 unspecified atom stereocenters. The zero-order valence-corrected chi connectivity index (χ0v) is 23.2. The van der Waals surface area contributed by atoms with Gasteiger partial charge in [0.25, 0.3) is 0 Å². The predicted molar refractivity (Wildman–Crippen MR) is 152 cm³/mol. The Hall–Kier alpha value is -3.20. The minimum atomic E-state index is 0.197. The number of carbonyl (C=O) groups excluding carboxylic acids is 1. The van der Waals surface area contributed by atoms with Crippen LogP contribution in [0.2, 0.25) is 0 Å². The number of carbonyl (C=O) groups is 1. The van der Waals surface area contributed by atoms with E-state index in [1.54, 1.807) is 6.33 Å². The molecular weight excluding hydrogens is 490 g/mol. The van der Waals surface area contributed by atoms with E-state index in [-0.39, 0.29) is 5.92 Å². The zero-order valence-electron chi connectivity index (χ0n) is 23.2. The van der Waals surface area contributed by atoms with Gasteiger partial charge in [-0.3, -0.25) is 4.79 Å². The standard InChI is InChI=1S/C30H41N7O2/c1-2-39-26-8-6-7-23(19-26)21-37-29-27(20-33-37)28(31-22-32-29)35-15-17-36(18-16-35)30(38)24-9-11-25(12-10-24)34-13-4-3-5-14-34/h6-8,19-20,22,24-25H,2-5,9-18,21H2,1H3. The molecule has 2 aliphatic heterocycles. The summed E-state index contributed by atoms with van der Waals surface area (Å²) in [4.78, 5) is 29.6. The number of rotatable bonds is 7. The summed E-state index contributed by atoms with van der Waals surface area (Å²) in [5.41, 5.74) is 1.94. The fraction of sp³-hybridized carbons (Fsp3) is 0.600. The van der Waals surface area contributed by atoms with E-state index in [4.69, 9.17) is 4.74 Å². The van der Waals surface area contributed by atoms with Crippen molar-refractivity contribution in [3.05, 3.63) is 42.4 Å². The molecule has 208 valence electrons. The smallest absolute Gasteiger partial charge is 0.225 e.